The van der Waals surface area contributed by atoms with Gasteiger partial charge in [-0.25, -0.2) is 0 Å². The Bertz CT molecular complexity index is 984. The summed E-state index contributed by atoms with van der Waals surface area (Å²) in [5.74, 6) is 2.41. The fourth-order valence-corrected chi connectivity index (χ4v) is 3.88. The molecule has 0 bridgehead atoms. The highest BCUT2D eigenvalue weighted by Crippen LogP contribution is 2.48. The van der Waals surface area contributed by atoms with Crippen LogP contribution >= 0.6 is 0 Å². The van der Waals surface area contributed by atoms with Crippen LogP contribution in [0.4, 0.5) is 5.69 Å². The fraction of sp³-hybridized carbons (Fsp3) is 0.217. The molecule has 1 heterocycles. The molecule has 3 aromatic rings. The van der Waals surface area contributed by atoms with Gasteiger partial charge in [0, 0.05) is 29.2 Å². The summed E-state index contributed by atoms with van der Waals surface area (Å²) in [5, 5.41) is 9.86. The summed E-state index contributed by atoms with van der Waals surface area (Å²) in [5.41, 5.74) is 9.90. The normalized spacial score (nSPS) is 18.1. The van der Waals surface area contributed by atoms with E-state index in [4.69, 9.17) is 19.9 Å². The minimum absolute atomic E-state index is 0.0584. The van der Waals surface area contributed by atoms with Crippen LogP contribution in [0.25, 0.3) is 0 Å². The standard InChI is InChI=1S/C23H23NO4/c1-26-20-10-5-15(11-22(20)27-2)19-13-28-21-12-17(25)8-9-18(21)23(19)14-3-6-16(24)7-4-14/h3-12,19,23,25H,13,24H2,1-2H3. The van der Waals surface area contributed by atoms with E-state index in [2.05, 4.69) is 12.1 Å². The summed E-state index contributed by atoms with van der Waals surface area (Å²) in [4.78, 5) is 0. The molecule has 0 radical (unpaired) electrons. The Hall–Kier alpha value is -3.34. The van der Waals surface area contributed by atoms with E-state index in [0.717, 1.165) is 22.4 Å². The number of phenols is 1. The van der Waals surface area contributed by atoms with Gasteiger partial charge >= 0.3 is 0 Å². The summed E-state index contributed by atoms with van der Waals surface area (Å²) in [6, 6.07) is 19.2. The van der Waals surface area contributed by atoms with Gasteiger partial charge in [-0.05, 0) is 41.5 Å². The summed E-state index contributed by atoms with van der Waals surface area (Å²) in [6.45, 7) is 0.487. The highest BCUT2D eigenvalue weighted by molar-refractivity contribution is 5.53. The van der Waals surface area contributed by atoms with Gasteiger partial charge in [0.15, 0.2) is 11.5 Å². The number of aromatic hydroxyl groups is 1. The van der Waals surface area contributed by atoms with E-state index in [-0.39, 0.29) is 17.6 Å². The average molecular weight is 377 g/mol. The maximum Gasteiger partial charge on any atom is 0.160 e. The van der Waals surface area contributed by atoms with Crippen molar-refractivity contribution in [1.29, 1.82) is 0 Å². The first-order valence-corrected chi connectivity index (χ1v) is 9.13. The third-order valence-corrected chi connectivity index (χ3v) is 5.28. The summed E-state index contributed by atoms with van der Waals surface area (Å²) < 4.78 is 16.9. The first-order valence-electron chi connectivity index (χ1n) is 9.13. The van der Waals surface area contributed by atoms with Gasteiger partial charge in [-0.15, -0.1) is 0 Å². The molecule has 2 unspecified atom stereocenters. The van der Waals surface area contributed by atoms with Crippen molar-refractivity contribution in [3.05, 3.63) is 77.4 Å². The zero-order chi connectivity index (χ0) is 19.7. The Morgan fingerprint density at radius 2 is 1.61 bits per heavy atom. The average Bonchev–Trinajstić information content (AvgIpc) is 2.73. The lowest BCUT2D eigenvalue weighted by Gasteiger charge is -2.34. The molecule has 144 valence electrons. The van der Waals surface area contributed by atoms with Crippen LogP contribution in [-0.2, 0) is 0 Å². The first kappa shape index (κ1) is 18.0. The number of fused-ring (bicyclic) bond motifs is 1. The minimum Gasteiger partial charge on any atom is -0.508 e. The minimum atomic E-state index is 0.0584. The molecule has 28 heavy (non-hydrogen) atoms. The maximum absolute atomic E-state index is 9.86. The Kier molecular flexibility index (Phi) is 4.74. The van der Waals surface area contributed by atoms with Gasteiger partial charge in [0.25, 0.3) is 0 Å². The molecular weight excluding hydrogens is 354 g/mol. The molecule has 5 nitrogen and oxygen atoms in total. The number of ether oxygens (including phenoxy) is 3. The van der Waals surface area contributed by atoms with Crippen molar-refractivity contribution >= 4 is 5.69 Å². The summed E-state index contributed by atoms with van der Waals surface area (Å²) in [6.07, 6.45) is 0. The second-order valence-electron chi connectivity index (χ2n) is 6.90. The van der Waals surface area contributed by atoms with Gasteiger partial charge in [0.2, 0.25) is 0 Å². The topological polar surface area (TPSA) is 73.9 Å². The second-order valence-corrected chi connectivity index (χ2v) is 6.90. The van der Waals surface area contributed by atoms with Crippen LogP contribution < -0.4 is 19.9 Å². The highest BCUT2D eigenvalue weighted by atomic mass is 16.5. The molecule has 1 aliphatic rings. The van der Waals surface area contributed by atoms with Crippen molar-refractivity contribution in [2.24, 2.45) is 0 Å². The zero-order valence-corrected chi connectivity index (χ0v) is 15.9. The summed E-state index contributed by atoms with van der Waals surface area (Å²) >= 11 is 0. The lowest BCUT2D eigenvalue weighted by atomic mass is 9.76. The van der Waals surface area contributed by atoms with E-state index >= 15 is 0 Å². The molecule has 0 aliphatic carbocycles. The number of hydrogen-bond donors (Lipinski definition) is 2. The van der Waals surface area contributed by atoms with Crippen LogP contribution in [0.3, 0.4) is 0 Å². The van der Waals surface area contributed by atoms with Gasteiger partial charge in [0.1, 0.15) is 11.5 Å². The predicted octanol–water partition coefficient (Wildman–Crippen LogP) is 4.30. The molecule has 0 saturated carbocycles. The monoisotopic (exact) mass is 377 g/mol. The molecule has 0 spiro atoms. The van der Waals surface area contributed by atoms with Crippen molar-refractivity contribution in [1.82, 2.24) is 0 Å². The quantitative estimate of drug-likeness (QED) is 0.663. The van der Waals surface area contributed by atoms with E-state index in [9.17, 15) is 5.11 Å². The Morgan fingerprint density at radius 1 is 0.893 bits per heavy atom. The first-order chi connectivity index (χ1) is 13.6. The van der Waals surface area contributed by atoms with Gasteiger partial charge in [-0.2, -0.15) is 0 Å². The van der Waals surface area contributed by atoms with Gasteiger partial charge in [0.05, 0.1) is 20.8 Å². The molecule has 0 fully saturated rings. The molecule has 1 aliphatic heterocycles. The highest BCUT2D eigenvalue weighted by Gasteiger charge is 2.34. The molecule has 0 aromatic heterocycles. The lowest BCUT2D eigenvalue weighted by Crippen LogP contribution is -2.25. The Balaban J connectivity index is 1.84. The van der Waals surface area contributed by atoms with Crippen molar-refractivity contribution < 1.29 is 19.3 Å². The van der Waals surface area contributed by atoms with E-state index in [1.807, 2.05) is 36.4 Å². The molecule has 3 aromatic carbocycles. The van der Waals surface area contributed by atoms with Crippen LogP contribution in [0.1, 0.15) is 28.5 Å². The maximum atomic E-state index is 9.86. The summed E-state index contributed by atoms with van der Waals surface area (Å²) in [7, 11) is 3.26. The number of phenolic OH excluding ortho intramolecular Hbond substituents is 1. The molecule has 4 rings (SSSR count). The van der Waals surface area contributed by atoms with Crippen molar-refractivity contribution in [3.8, 4) is 23.0 Å². The van der Waals surface area contributed by atoms with Crippen molar-refractivity contribution in [2.45, 2.75) is 11.8 Å². The van der Waals surface area contributed by atoms with Gasteiger partial charge in [-0.1, -0.05) is 24.3 Å². The van der Waals surface area contributed by atoms with Crippen LogP contribution in [0.15, 0.2) is 60.7 Å². The number of anilines is 1. The van der Waals surface area contributed by atoms with E-state index in [1.165, 1.54) is 0 Å². The number of benzene rings is 3. The lowest BCUT2D eigenvalue weighted by molar-refractivity contribution is 0.247. The van der Waals surface area contributed by atoms with E-state index in [1.54, 1.807) is 26.4 Å². The third kappa shape index (κ3) is 3.20. The number of rotatable bonds is 4. The smallest absolute Gasteiger partial charge is 0.160 e. The van der Waals surface area contributed by atoms with Gasteiger partial charge < -0.3 is 25.1 Å². The molecular formula is C23H23NO4. The molecule has 5 heteroatoms. The molecule has 3 N–H and O–H groups in total. The number of methoxy groups -OCH3 is 2. The Morgan fingerprint density at radius 3 is 2.32 bits per heavy atom. The SMILES string of the molecule is COc1ccc(C2COc3cc(O)ccc3C2c2ccc(N)cc2)cc1OC. The molecule has 0 saturated heterocycles. The van der Waals surface area contributed by atoms with E-state index < -0.39 is 0 Å². The van der Waals surface area contributed by atoms with Crippen molar-refractivity contribution in [3.63, 3.8) is 0 Å². The van der Waals surface area contributed by atoms with Crippen LogP contribution in [0, 0.1) is 0 Å². The van der Waals surface area contributed by atoms with Crippen molar-refractivity contribution in [2.75, 3.05) is 26.6 Å². The largest absolute Gasteiger partial charge is 0.508 e. The van der Waals surface area contributed by atoms with E-state index in [0.29, 0.717) is 23.9 Å². The van der Waals surface area contributed by atoms with Crippen LogP contribution in [0.5, 0.6) is 23.0 Å². The second kappa shape index (κ2) is 7.35. The number of nitrogens with two attached hydrogens (primary N) is 1. The zero-order valence-electron chi connectivity index (χ0n) is 15.9. The van der Waals surface area contributed by atoms with Crippen LogP contribution in [-0.4, -0.2) is 25.9 Å². The molecule has 0 amide bonds. The molecule has 2 atom stereocenters. The van der Waals surface area contributed by atoms with Crippen LogP contribution in [0.2, 0.25) is 0 Å². The number of hydrogen-bond acceptors (Lipinski definition) is 5. The number of nitrogen functional groups attached to an aromatic ring is 1. The Labute approximate surface area is 164 Å². The predicted molar refractivity (Wildman–Crippen MR) is 109 cm³/mol. The third-order valence-electron chi connectivity index (χ3n) is 5.28. The van der Waals surface area contributed by atoms with Gasteiger partial charge in [-0.3, -0.25) is 0 Å². The fourth-order valence-electron chi connectivity index (χ4n) is 3.88.